The Hall–Kier alpha value is -1.16. The molecule has 3 rings (SSSR count). The molecule has 1 aliphatic rings. The second-order valence-electron chi connectivity index (χ2n) is 5.41. The van der Waals surface area contributed by atoms with Crippen LogP contribution >= 0.6 is 11.6 Å². The highest BCUT2D eigenvalue weighted by Crippen LogP contribution is 2.37. The predicted molar refractivity (Wildman–Crippen MR) is 79.1 cm³/mol. The minimum atomic E-state index is -0.451. The topological polar surface area (TPSA) is 64.9 Å². The molecule has 4 N–H and O–H groups in total. The third-order valence-corrected chi connectivity index (χ3v) is 4.46. The smallest absolute Gasteiger partial charge is 0.0720 e. The summed E-state index contributed by atoms with van der Waals surface area (Å²) in [6.07, 6.45) is 5.99. The van der Waals surface area contributed by atoms with Crippen molar-refractivity contribution in [1.82, 2.24) is 4.98 Å². The molecule has 2 unspecified atom stereocenters. The van der Waals surface area contributed by atoms with Gasteiger partial charge in [0, 0.05) is 22.6 Å². The summed E-state index contributed by atoms with van der Waals surface area (Å²) in [5.41, 5.74) is 14.5. The third kappa shape index (κ3) is 2.12. The SMILES string of the molecule is NC1CCCCC1(N)c1ccnc2cc(Cl)ccc12. The molecule has 2 atom stereocenters. The number of aromatic nitrogens is 1. The van der Waals surface area contributed by atoms with Gasteiger partial charge in [0.25, 0.3) is 0 Å². The number of hydrogen-bond donors (Lipinski definition) is 2. The van der Waals surface area contributed by atoms with E-state index in [1.807, 2.05) is 24.3 Å². The third-order valence-electron chi connectivity index (χ3n) is 4.22. The van der Waals surface area contributed by atoms with Crippen LogP contribution in [0.5, 0.6) is 0 Å². The molecule has 1 aromatic heterocycles. The van der Waals surface area contributed by atoms with E-state index < -0.39 is 5.54 Å². The van der Waals surface area contributed by atoms with Gasteiger partial charge in [-0.25, -0.2) is 0 Å². The lowest BCUT2D eigenvalue weighted by atomic mass is 9.73. The van der Waals surface area contributed by atoms with Crippen molar-refractivity contribution in [2.75, 3.05) is 0 Å². The molecule has 1 saturated carbocycles. The Bertz CT molecular complexity index is 613. The highest BCUT2D eigenvalue weighted by atomic mass is 35.5. The number of nitrogens with two attached hydrogens (primary N) is 2. The molecule has 0 aliphatic heterocycles. The second-order valence-corrected chi connectivity index (χ2v) is 5.85. The highest BCUT2D eigenvalue weighted by molar-refractivity contribution is 6.31. The molecule has 4 heteroatoms. The van der Waals surface area contributed by atoms with Crippen molar-refractivity contribution in [3.05, 3.63) is 41.0 Å². The van der Waals surface area contributed by atoms with Crippen LogP contribution in [0.2, 0.25) is 5.02 Å². The standard InChI is InChI=1S/C15H18ClN3/c16-10-4-5-11-12(6-8-19-13(11)9-10)15(18)7-2-1-3-14(15)17/h4-6,8-9,14H,1-3,7,17-18H2. The van der Waals surface area contributed by atoms with Crippen LogP contribution in [-0.4, -0.2) is 11.0 Å². The Morgan fingerprint density at radius 1 is 1.26 bits per heavy atom. The fourth-order valence-corrected chi connectivity index (χ4v) is 3.25. The number of nitrogens with zero attached hydrogens (tertiary/aromatic N) is 1. The van der Waals surface area contributed by atoms with Gasteiger partial charge in [-0.05, 0) is 36.6 Å². The summed E-state index contributed by atoms with van der Waals surface area (Å²) in [6.45, 7) is 0. The van der Waals surface area contributed by atoms with Crippen LogP contribution in [-0.2, 0) is 5.54 Å². The fourth-order valence-electron chi connectivity index (χ4n) is 3.09. The summed E-state index contributed by atoms with van der Waals surface area (Å²) in [4.78, 5) is 4.37. The summed E-state index contributed by atoms with van der Waals surface area (Å²) < 4.78 is 0. The van der Waals surface area contributed by atoms with Gasteiger partial charge in [0.05, 0.1) is 11.1 Å². The molecular formula is C15H18ClN3. The van der Waals surface area contributed by atoms with Crippen LogP contribution < -0.4 is 11.5 Å². The average molecular weight is 276 g/mol. The molecule has 1 aromatic carbocycles. The van der Waals surface area contributed by atoms with E-state index in [9.17, 15) is 0 Å². The first-order valence-corrected chi connectivity index (χ1v) is 7.08. The maximum Gasteiger partial charge on any atom is 0.0720 e. The van der Waals surface area contributed by atoms with E-state index in [2.05, 4.69) is 4.98 Å². The van der Waals surface area contributed by atoms with Crippen LogP contribution in [0.4, 0.5) is 0 Å². The lowest BCUT2D eigenvalue weighted by Gasteiger charge is -2.40. The van der Waals surface area contributed by atoms with Gasteiger partial charge in [-0.15, -0.1) is 0 Å². The van der Waals surface area contributed by atoms with Crippen molar-refractivity contribution < 1.29 is 0 Å². The number of rotatable bonds is 1. The minimum Gasteiger partial charge on any atom is -0.326 e. The summed E-state index contributed by atoms with van der Waals surface area (Å²) in [5.74, 6) is 0. The van der Waals surface area contributed by atoms with Gasteiger partial charge in [-0.1, -0.05) is 30.5 Å². The van der Waals surface area contributed by atoms with Crippen LogP contribution in [0, 0.1) is 0 Å². The van der Waals surface area contributed by atoms with Crippen LogP contribution in [0.25, 0.3) is 10.9 Å². The van der Waals surface area contributed by atoms with Crippen LogP contribution in [0.3, 0.4) is 0 Å². The number of pyridine rings is 1. The first-order valence-electron chi connectivity index (χ1n) is 6.70. The molecule has 1 aliphatic carbocycles. The van der Waals surface area contributed by atoms with Gasteiger partial charge in [0.1, 0.15) is 0 Å². The summed E-state index contributed by atoms with van der Waals surface area (Å²) >= 11 is 6.02. The molecule has 0 saturated heterocycles. The van der Waals surface area contributed by atoms with Crippen molar-refractivity contribution in [2.24, 2.45) is 11.5 Å². The molecule has 19 heavy (non-hydrogen) atoms. The Balaban J connectivity index is 2.19. The monoisotopic (exact) mass is 275 g/mol. The lowest BCUT2D eigenvalue weighted by Crippen LogP contribution is -2.54. The summed E-state index contributed by atoms with van der Waals surface area (Å²) in [6, 6.07) is 7.75. The summed E-state index contributed by atoms with van der Waals surface area (Å²) in [5, 5.41) is 1.75. The molecule has 0 bridgehead atoms. The Morgan fingerprint density at radius 2 is 2.11 bits per heavy atom. The summed E-state index contributed by atoms with van der Waals surface area (Å²) in [7, 11) is 0. The molecular weight excluding hydrogens is 258 g/mol. The van der Waals surface area contributed by atoms with Crippen molar-refractivity contribution >= 4 is 22.5 Å². The predicted octanol–water partition coefficient (Wildman–Crippen LogP) is 2.94. The maximum atomic E-state index is 6.64. The molecule has 0 amide bonds. The van der Waals surface area contributed by atoms with Gasteiger partial charge in [-0.3, -0.25) is 4.98 Å². The van der Waals surface area contributed by atoms with E-state index in [-0.39, 0.29) is 6.04 Å². The minimum absolute atomic E-state index is 0.00234. The van der Waals surface area contributed by atoms with E-state index in [4.69, 9.17) is 23.1 Å². The van der Waals surface area contributed by atoms with Gasteiger partial charge in [-0.2, -0.15) is 0 Å². The number of hydrogen-bond acceptors (Lipinski definition) is 3. The molecule has 0 spiro atoms. The van der Waals surface area contributed by atoms with Crippen LogP contribution in [0.15, 0.2) is 30.5 Å². The number of benzene rings is 1. The van der Waals surface area contributed by atoms with E-state index in [1.54, 1.807) is 6.20 Å². The maximum absolute atomic E-state index is 6.64. The quantitative estimate of drug-likeness (QED) is 0.841. The van der Waals surface area contributed by atoms with Crippen LogP contribution in [0.1, 0.15) is 31.2 Å². The molecule has 1 heterocycles. The van der Waals surface area contributed by atoms with E-state index in [0.29, 0.717) is 5.02 Å². The normalized spacial score (nSPS) is 27.6. The second kappa shape index (κ2) is 4.75. The number of halogens is 1. The molecule has 100 valence electrons. The average Bonchev–Trinajstić information content (AvgIpc) is 2.41. The molecule has 3 nitrogen and oxygen atoms in total. The first kappa shape index (κ1) is 12.9. The van der Waals surface area contributed by atoms with E-state index >= 15 is 0 Å². The zero-order valence-electron chi connectivity index (χ0n) is 10.8. The van der Waals surface area contributed by atoms with Gasteiger partial charge in [0.15, 0.2) is 0 Å². The van der Waals surface area contributed by atoms with Crippen molar-refractivity contribution in [3.63, 3.8) is 0 Å². The van der Waals surface area contributed by atoms with Crippen molar-refractivity contribution in [1.29, 1.82) is 0 Å². The van der Waals surface area contributed by atoms with Gasteiger partial charge >= 0.3 is 0 Å². The largest absolute Gasteiger partial charge is 0.326 e. The Labute approximate surface area is 117 Å². The van der Waals surface area contributed by atoms with E-state index in [1.165, 1.54) is 0 Å². The molecule has 0 radical (unpaired) electrons. The zero-order valence-corrected chi connectivity index (χ0v) is 11.5. The Morgan fingerprint density at radius 3 is 2.89 bits per heavy atom. The van der Waals surface area contributed by atoms with E-state index in [0.717, 1.165) is 42.1 Å². The Kier molecular flexibility index (Phi) is 3.21. The van der Waals surface area contributed by atoms with Crippen molar-refractivity contribution in [3.8, 4) is 0 Å². The lowest BCUT2D eigenvalue weighted by molar-refractivity contribution is 0.258. The molecule has 1 fully saturated rings. The van der Waals surface area contributed by atoms with Gasteiger partial charge in [0.2, 0.25) is 0 Å². The van der Waals surface area contributed by atoms with Crippen molar-refractivity contribution in [2.45, 2.75) is 37.3 Å². The first-order chi connectivity index (χ1) is 9.11. The highest BCUT2D eigenvalue weighted by Gasteiger charge is 2.37. The fraction of sp³-hybridized carbons (Fsp3) is 0.400. The number of fused-ring (bicyclic) bond motifs is 1. The van der Waals surface area contributed by atoms with Gasteiger partial charge < -0.3 is 11.5 Å². The molecule has 2 aromatic rings. The zero-order chi connectivity index (χ0) is 13.5.